The number of para-hydroxylation sites is 2. The Morgan fingerprint density at radius 1 is 0.949 bits per heavy atom. The zero-order chi connectivity index (χ0) is 26.5. The van der Waals surface area contributed by atoms with Crippen molar-refractivity contribution in [3.05, 3.63) is 30.1 Å². The molecule has 3 aliphatic heterocycles. The minimum atomic E-state index is -0.0847. The first-order chi connectivity index (χ1) is 19.1. The van der Waals surface area contributed by atoms with Crippen molar-refractivity contribution < 1.29 is 14.3 Å². The van der Waals surface area contributed by atoms with Crippen LogP contribution >= 0.6 is 0 Å². The van der Waals surface area contributed by atoms with Crippen molar-refractivity contribution in [1.29, 1.82) is 0 Å². The Hall–Kier alpha value is -3.81. The summed E-state index contributed by atoms with van der Waals surface area (Å²) in [7, 11) is 3.68. The molecule has 1 amide bonds. The van der Waals surface area contributed by atoms with E-state index in [9.17, 15) is 4.79 Å². The number of morpholine rings is 2. The Bertz CT molecular complexity index is 1530. The number of nitrogens with zero attached hydrogens (tertiary/aromatic N) is 9. The highest BCUT2D eigenvalue weighted by molar-refractivity contribution is 5.97. The molecule has 39 heavy (non-hydrogen) atoms. The fourth-order valence-electron chi connectivity index (χ4n) is 5.65. The van der Waals surface area contributed by atoms with E-state index in [1.54, 1.807) is 4.57 Å². The molecule has 3 saturated heterocycles. The first kappa shape index (κ1) is 24.2. The Balaban J connectivity index is 1.29. The van der Waals surface area contributed by atoms with E-state index in [2.05, 4.69) is 15.1 Å². The minimum absolute atomic E-state index is 0.0847. The predicted octanol–water partition coefficient (Wildman–Crippen LogP) is 0.737. The van der Waals surface area contributed by atoms with E-state index in [1.807, 2.05) is 47.8 Å². The number of fused-ring (bicyclic) bond motifs is 2. The summed E-state index contributed by atoms with van der Waals surface area (Å²) in [5.74, 6) is 2.09. The van der Waals surface area contributed by atoms with Crippen LogP contribution in [0.2, 0.25) is 0 Å². The topological polar surface area (TPSA) is 119 Å². The van der Waals surface area contributed by atoms with Crippen LogP contribution in [0, 0.1) is 0 Å². The van der Waals surface area contributed by atoms with Gasteiger partial charge in [0.25, 0.3) is 5.91 Å². The maximum absolute atomic E-state index is 13.6. The van der Waals surface area contributed by atoms with Gasteiger partial charge in [-0.15, -0.1) is 0 Å². The number of hydrogen-bond donors (Lipinski definition) is 1. The van der Waals surface area contributed by atoms with Crippen LogP contribution in [0.15, 0.2) is 24.3 Å². The van der Waals surface area contributed by atoms with E-state index in [4.69, 9.17) is 29.4 Å². The quantitative estimate of drug-likeness (QED) is 0.394. The van der Waals surface area contributed by atoms with Crippen LogP contribution < -0.4 is 10.2 Å². The number of anilines is 2. The number of carbonyl (C=O) groups excluding carboxylic acids is 1. The number of carbonyl (C=O) groups is 1. The number of likely N-dealkylation sites (tertiary alicyclic amines) is 1. The number of aromatic nitrogens is 6. The van der Waals surface area contributed by atoms with Gasteiger partial charge in [0.2, 0.25) is 17.7 Å². The molecule has 13 nitrogen and oxygen atoms in total. The molecule has 4 aromatic rings. The number of aryl methyl sites for hydroxylation is 1. The molecule has 3 fully saturated rings. The van der Waals surface area contributed by atoms with E-state index in [0.717, 1.165) is 37.3 Å². The van der Waals surface area contributed by atoms with E-state index >= 15 is 0 Å². The summed E-state index contributed by atoms with van der Waals surface area (Å²) in [6.07, 6.45) is 0. The molecule has 13 heteroatoms. The average molecular weight is 533 g/mol. The van der Waals surface area contributed by atoms with Gasteiger partial charge in [0.15, 0.2) is 17.0 Å². The van der Waals surface area contributed by atoms with Gasteiger partial charge in [-0.3, -0.25) is 9.69 Å². The third kappa shape index (κ3) is 4.08. The van der Waals surface area contributed by atoms with Crippen molar-refractivity contribution in [3.8, 4) is 5.95 Å². The van der Waals surface area contributed by atoms with Crippen molar-refractivity contribution in [2.75, 3.05) is 83.0 Å². The SMILES string of the molecule is CNc1nc2ccccc2n1-c1nc(N2CCOCC2)c2nc(C(=O)N3CC(N4CCOCC4)C3)n(C)c2n1. The first-order valence-electron chi connectivity index (χ1n) is 13.5. The molecule has 3 aromatic heterocycles. The van der Waals surface area contributed by atoms with Crippen molar-refractivity contribution >= 4 is 39.9 Å². The van der Waals surface area contributed by atoms with Gasteiger partial charge in [-0.2, -0.15) is 9.97 Å². The standard InChI is InChI=1S/C26H32N10O3/c1-27-25-28-18-5-3-4-6-19(18)36(25)26-30-21-20(22(31-26)34-9-13-39-14-10-34)29-23(32(21)2)24(37)35-15-17(16-35)33-7-11-38-12-8-33/h3-6,17H,7-16H2,1-2H3,(H,27,28). The molecule has 0 radical (unpaired) electrons. The Morgan fingerprint density at radius 3 is 2.41 bits per heavy atom. The molecule has 1 N–H and O–H groups in total. The summed E-state index contributed by atoms with van der Waals surface area (Å²) >= 11 is 0. The normalized spacial score (nSPS) is 19.1. The zero-order valence-corrected chi connectivity index (χ0v) is 22.2. The van der Waals surface area contributed by atoms with E-state index in [1.165, 1.54) is 0 Å². The molecule has 0 spiro atoms. The molecule has 0 atom stereocenters. The van der Waals surface area contributed by atoms with E-state index < -0.39 is 0 Å². The number of ether oxygens (including phenoxy) is 2. The van der Waals surface area contributed by atoms with Gasteiger partial charge in [0.05, 0.1) is 37.5 Å². The molecule has 6 heterocycles. The Kier molecular flexibility index (Phi) is 6.05. The zero-order valence-electron chi connectivity index (χ0n) is 22.2. The molecule has 0 unspecified atom stereocenters. The van der Waals surface area contributed by atoms with Crippen molar-refractivity contribution in [2.45, 2.75) is 6.04 Å². The van der Waals surface area contributed by atoms with Gasteiger partial charge in [-0.05, 0) is 12.1 Å². The van der Waals surface area contributed by atoms with Crippen LogP contribution in [0.5, 0.6) is 0 Å². The number of amides is 1. The van der Waals surface area contributed by atoms with Crippen LogP contribution in [-0.4, -0.2) is 124 Å². The number of rotatable bonds is 5. The first-order valence-corrected chi connectivity index (χ1v) is 13.5. The van der Waals surface area contributed by atoms with Crippen molar-refractivity contribution in [1.82, 2.24) is 38.9 Å². The lowest BCUT2D eigenvalue weighted by atomic mass is 10.1. The van der Waals surface area contributed by atoms with Crippen LogP contribution in [0.25, 0.3) is 28.1 Å². The van der Waals surface area contributed by atoms with Crippen molar-refractivity contribution in [3.63, 3.8) is 0 Å². The fourth-order valence-corrected chi connectivity index (χ4v) is 5.65. The Labute approximate surface area is 225 Å². The lowest BCUT2D eigenvalue weighted by Crippen LogP contribution is -2.63. The molecule has 0 aliphatic carbocycles. The van der Waals surface area contributed by atoms with Crippen LogP contribution in [-0.2, 0) is 16.5 Å². The second-order valence-corrected chi connectivity index (χ2v) is 10.1. The summed E-state index contributed by atoms with van der Waals surface area (Å²) in [4.78, 5) is 39.6. The lowest BCUT2D eigenvalue weighted by Gasteiger charge is -2.46. The third-order valence-corrected chi connectivity index (χ3v) is 7.89. The van der Waals surface area contributed by atoms with Crippen LogP contribution in [0.1, 0.15) is 10.6 Å². The second kappa shape index (κ2) is 9.74. The van der Waals surface area contributed by atoms with E-state index in [-0.39, 0.29) is 5.91 Å². The highest BCUT2D eigenvalue weighted by atomic mass is 16.5. The van der Waals surface area contributed by atoms with E-state index in [0.29, 0.717) is 80.1 Å². The highest BCUT2D eigenvalue weighted by Crippen LogP contribution is 2.30. The van der Waals surface area contributed by atoms with Gasteiger partial charge >= 0.3 is 0 Å². The van der Waals surface area contributed by atoms with Crippen LogP contribution in [0.3, 0.4) is 0 Å². The summed E-state index contributed by atoms with van der Waals surface area (Å²) in [6, 6.07) is 8.27. The molecule has 0 bridgehead atoms. The molecule has 1 aromatic carbocycles. The van der Waals surface area contributed by atoms with Gasteiger partial charge in [-0.25, -0.2) is 14.5 Å². The lowest BCUT2D eigenvalue weighted by molar-refractivity contribution is -0.0260. The second-order valence-electron chi connectivity index (χ2n) is 10.1. The van der Waals surface area contributed by atoms with Crippen molar-refractivity contribution in [2.24, 2.45) is 7.05 Å². The number of hydrogen-bond acceptors (Lipinski definition) is 10. The molecule has 3 aliphatic rings. The maximum Gasteiger partial charge on any atom is 0.290 e. The monoisotopic (exact) mass is 532 g/mol. The average Bonchev–Trinajstić information content (AvgIpc) is 3.50. The Morgan fingerprint density at radius 2 is 1.67 bits per heavy atom. The maximum atomic E-state index is 13.6. The smallest absolute Gasteiger partial charge is 0.290 e. The summed E-state index contributed by atoms with van der Waals surface area (Å²) < 4.78 is 14.8. The third-order valence-electron chi connectivity index (χ3n) is 7.89. The van der Waals surface area contributed by atoms with Gasteiger partial charge in [0.1, 0.15) is 0 Å². The van der Waals surface area contributed by atoms with Crippen LogP contribution in [0.4, 0.5) is 11.8 Å². The molecular weight excluding hydrogens is 500 g/mol. The molecule has 0 saturated carbocycles. The number of nitrogens with one attached hydrogen (secondary N) is 1. The summed E-state index contributed by atoms with van der Waals surface area (Å²) in [6.45, 7) is 7.30. The van der Waals surface area contributed by atoms with Gasteiger partial charge in [0, 0.05) is 59.4 Å². The molecule has 7 rings (SSSR count). The van der Waals surface area contributed by atoms with Gasteiger partial charge in [-0.1, -0.05) is 12.1 Å². The van der Waals surface area contributed by atoms with Gasteiger partial charge < -0.3 is 29.2 Å². The minimum Gasteiger partial charge on any atom is -0.379 e. The number of benzene rings is 1. The number of imidazole rings is 2. The molecule has 204 valence electrons. The summed E-state index contributed by atoms with van der Waals surface area (Å²) in [5.41, 5.74) is 2.95. The predicted molar refractivity (Wildman–Crippen MR) is 146 cm³/mol. The fraction of sp³-hybridized carbons (Fsp3) is 0.500. The largest absolute Gasteiger partial charge is 0.379 e. The highest BCUT2D eigenvalue weighted by Gasteiger charge is 2.38. The molecular formula is C26H32N10O3. The summed E-state index contributed by atoms with van der Waals surface area (Å²) in [5, 5.41) is 3.17.